The fourth-order valence-electron chi connectivity index (χ4n) is 6.25. The van der Waals surface area contributed by atoms with Gasteiger partial charge in [0, 0.05) is 30.9 Å². The molecule has 5 atom stereocenters. The highest BCUT2D eigenvalue weighted by molar-refractivity contribution is 6.38. The lowest BCUT2D eigenvalue weighted by Crippen LogP contribution is -2.59. The number of benzene rings is 1. The van der Waals surface area contributed by atoms with Crippen molar-refractivity contribution in [2.45, 2.75) is 115 Å². The molecular weight excluding hydrogens is 625 g/mol. The number of likely N-dealkylation sites (tertiary alicyclic amines) is 1. The number of carbonyl (C=O) groups excluding carboxylic acids is 5. The Morgan fingerprint density at radius 1 is 1.15 bits per heavy atom. The second-order valence-corrected chi connectivity index (χ2v) is 14.4. The van der Waals surface area contributed by atoms with Crippen LogP contribution in [0.4, 0.5) is 9.18 Å². The first-order valence-electron chi connectivity index (χ1n) is 16.7. The van der Waals surface area contributed by atoms with Crippen LogP contribution in [0.15, 0.2) is 23.4 Å². The van der Waals surface area contributed by atoms with Gasteiger partial charge >= 0.3 is 6.09 Å². The molecule has 0 unspecified atom stereocenters. The van der Waals surface area contributed by atoms with Gasteiger partial charge in [-0.1, -0.05) is 51.4 Å². The van der Waals surface area contributed by atoms with Crippen LogP contribution in [0.25, 0.3) is 0 Å². The van der Waals surface area contributed by atoms with E-state index in [-0.39, 0.29) is 38.5 Å². The number of carbonyl (C=O) groups is 5. The maximum atomic E-state index is 14.4. The first kappa shape index (κ1) is 35.2. The van der Waals surface area contributed by atoms with E-state index < -0.39 is 70.7 Å². The van der Waals surface area contributed by atoms with Crippen molar-refractivity contribution < 1.29 is 42.7 Å². The molecule has 48 heavy (non-hydrogen) atoms. The van der Waals surface area contributed by atoms with E-state index >= 15 is 0 Å². The fraction of sp³-hybridized carbons (Fsp3) is 0.647. The first-order chi connectivity index (χ1) is 22.7. The monoisotopic (exact) mass is 671 g/mol. The summed E-state index contributed by atoms with van der Waals surface area (Å²) in [6.07, 6.45) is 1.85. The number of halogens is 1. The predicted octanol–water partition coefficient (Wildman–Crippen LogP) is 2.66. The van der Waals surface area contributed by atoms with Gasteiger partial charge < -0.3 is 35.2 Å². The van der Waals surface area contributed by atoms with Crippen molar-refractivity contribution in [1.29, 1.82) is 0 Å². The maximum absolute atomic E-state index is 14.4. The standard InChI is InChI=1S/C34H46FN5O8/c1-6-7-24(27(41)30(43)36-21-10-11-21)37-29(42)26-16-34(15-25(39-48-34)20-9-8-19(2)23(35)14-20)18-40(26)31(44)28(33(3,4)5)38-32(45)47-22-12-13-46-17-22/h8-9,14,21-22,24,26,28H,6-7,10-13,15-18H2,1-5H3,(H,36,43)(H,37,42)(H,38,45)/t22-,24-,26-,28+,34-/m0/s1. The summed E-state index contributed by atoms with van der Waals surface area (Å²) in [5.41, 5.74) is -0.483. The number of alkyl carbamates (subject to hydrolysis) is 1. The van der Waals surface area contributed by atoms with Crippen LogP contribution in [-0.4, -0.2) is 95.8 Å². The largest absolute Gasteiger partial charge is 0.444 e. The molecule has 0 radical (unpaired) electrons. The van der Waals surface area contributed by atoms with Crippen molar-refractivity contribution >= 4 is 35.3 Å². The first-order valence-corrected chi connectivity index (χ1v) is 16.7. The molecule has 14 heteroatoms. The molecule has 1 aliphatic carbocycles. The van der Waals surface area contributed by atoms with Crippen LogP contribution < -0.4 is 16.0 Å². The van der Waals surface area contributed by atoms with Crippen molar-refractivity contribution in [2.24, 2.45) is 10.6 Å². The van der Waals surface area contributed by atoms with Crippen LogP contribution in [-0.2, 0) is 33.5 Å². The minimum Gasteiger partial charge on any atom is -0.444 e. The van der Waals surface area contributed by atoms with Gasteiger partial charge in [0.2, 0.25) is 17.6 Å². The Labute approximate surface area is 279 Å². The number of ether oxygens (including phenoxy) is 2. The Balaban J connectivity index is 1.39. The average Bonchev–Trinajstić information content (AvgIpc) is 3.38. The second kappa shape index (κ2) is 14.2. The number of rotatable bonds is 11. The molecule has 3 N–H and O–H groups in total. The normalized spacial score (nSPS) is 24.8. The van der Waals surface area contributed by atoms with Gasteiger partial charge in [0.25, 0.3) is 5.91 Å². The van der Waals surface area contributed by atoms with Crippen molar-refractivity contribution in [1.82, 2.24) is 20.9 Å². The molecule has 3 heterocycles. The Hall–Kier alpha value is -4.07. The number of Topliss-reactive ketones (excluding diaryl/α,β-unsaturated/α-hetero) is 1. The van der Waals surface area contributed by atoms with Gasteiger partial charge in [-0.2, -0.15) is 0 Å². The number of oxime groups is 1. The minimum absolute atomic E-state index is 0.00788. The number of ketones is 1. The zero-order chi connectivity index (χ0) is 34.8. The third-order valence-corrected chi connectivity index (χ3v) is 9.21. The summed E-state index contributed by atoms with van der Waals surface area (Å²) in [5.74, 6) is -3.09. The molecular formula is C34H46FN5O8. The highest BCUT2D eigenvalue weighted by Crippen LogP contribution is 2.40. The van der Waals surface area contributed by atoms with Gasteiger partial charge in [-0.15, -0.1) is 0 Å². The number of amides is 4. The third kappa shape index (κ3) is 8.13. The smallest absolute Gasteiger partial charge is 0.408 e. The number of hydrogen-bond donors (Lipinski definition) is 3. The van der Waals surface area contributed by atoms with Gasteiger partial charge in [0.05, 0.1) is 31.5 Å². The molecule has 4 aliphatic rings. The van der Waals surface area contributed by atoms with Gasteiger partial charge in [0.1, 0.15) is 24.0 Å². The number of nitrogens with zero attached hydrogens (tertiary/aromatic N) is 2. The van der Waals surface area contributed by atoms with Crippen LogP contribution in [0.5, 0.6) is 0 Å². The summed E-state index contributed by atoms with van der Waals surface area (Å²) in [4.78, 5) is 74.5. The van der Waals surface area contributed by atoms with E-state index in [9.17, 15) is 28.4 Å². The fourth-order valence-corrected chi connectivity index (χ4v) is 6.25. The zero-order valence-corrected chi connectivity index (χ0v) is 28.2. The van der Waals surface area contributed by atoms with Gasteiger partial charge in [-0.3, -0.25) is 19.2 Å². The molecule has 0 bridgehead atoms. The van der Waals surface area contributed by atoms with E-state index in [0.717, 1.165) is 12.8 Å². The number of aryl methyl sites for hydroxylation is 1. The summed E-state index contributed by atoms with van der Waals surface area (Å²) in [5, 5.41) is 12.4. The van der Waals surface area contributed by atoms with E-state index in [1.54, 1.807) is 39.8 Å². The Morgan fingerprint density at radius 2 is 1.90 bits per heavy atom. The minimum atomic E-state index is -1.13. The molecule has 1 aromatic rings. The highest BCUT2D eigenvalue weighted by atomic mass is 19.1. The number of hydrogen-bond acceptors (Lipinski definition) is 9. The molecule has 0 aromatic heterocycles. The molecule has 3 aliphatic heterocycles. The molecule has 1 saturated carbocycles. The Morgan fingerprint density at radius 3 is 2.52 bits per heavy atom. The van der Waals surface area contributed by atoms with Crippen molar-refractivity contribution in [2.75, 3.05) is 19.8 Å². The Bertz CT molecular complexity index is 1470. The topological polar surface area (TPSA) is 165 Å². The van der Waals surface area contributed by atoms with E-state index in [0.29, 0.717) is 36.3 Å². The summed E-state index contributed by atoms with van der Waals surface area (Å²) < 4.78 is 25.2. The van der Waals surface area contributed by atoms with Crippen LogP contribution in [0.1, 0.15) is 83.8 Å². The van der Waals surface area contributed by atoms with Crippen LogP contribution >= 0.6 is 0 Å². The lowest BCUT2D eigenvalue weighted by atomic mass is 9.85. The van der Waals surface area contributed by atoms with E-state index in [1.807, 2.05) is 6.92 Å². The van der Waals surface area contributed by atoms with Crippen LogP contribution in [0.3, 0.4) is 0 Å². The zero-order valence-electron chi connectivity index (χ0n) is 28.2. The summed E-state index contributed by atoms with van der Waals surface area (Å²) >= 11 is 0. The van der Waals surface area contributed by atoms with E-state index in [2.05, 4.69) is 21.1 Å². The molecule has 13 nitrogen and oxygen atoms in total. The van der Waals surface area contributed by atoms with Crippen molar-refractivity contribution in [3.8, 4) is 0 Å². The highest BCUT2D eigenvalue weighted by Gasteiger charge is 2.56. The Kier molecular flexibility index (Phi) is 10.4. The van der Waals surface area contributed by atoms with Gasteiger partial charge in [0.15, 0.2) is 5.60 Å². The van der Waals surface area contributed by atoms with E-state index in [1.165, 1.54) is 11.0 Å². The van der Waals surface area contributed by atoms with Gasteiger partial charge in [-0.25, -0.2) is 9.18 Å². The molecule has 3 fully saturated rings. The summed E-state index contributed by atoms with van der Waals surface area (Å²) in [6, 6.07) is 1.37. The van der Waals surface area contributed by atoms with Crippen LogP contribution in [0, 0.1) is 18.2 Å². The third-order valence-electron chi connectivity index (χ3n) is 9.21. The van der Waals surface area contributed by atoms with Crippen molar-refractivity contribution in [3.05, 3.63) is 35.1 Å². The number of nitrogens with one attached hydrogen (secondary N) is 3. The lowest BCUT2D eigenvalue weighted by Gasteiger charge is -2.35. The van der Waals surface area contributed by atoms with Gasteiger partial charge in [-0.05, 0) is 43.2 Å². The van der Waals surface area contributed by atoms with E-state index in [4.69, 9.17) is 14.3 Å². The summed E-state index contributed by atoms with van der Waals surface area (Å²) in [7, 11) is 0. The summed E-state index contributed by atoms with van der Waals surface area (Å²) in [6.45, 7) is 9.49. The quantitative estimate of drug-likeness (QED) is 0.302. The lowest BCUT2D eigenvalue weighted by molar-refractivity contribution is -0.144. The molecule has 1 spiro atoms. The molecule has 4 amide bonds. The van der Waals surface area contributed by atoms with Crippen molar-refractivity contribution in [3.63, 3.8) is 0 Å². The molecule has 1 aromatic carbocycles. The SMILES string of the molecule is CCC[C@H](NC(=O)[C@@H]1C[C@@]2(CC(c3ccc(C)c(F)c3)=NO2)CN1C(=O)[C@@H](NC(=O)O[C@H]1CCOC1)C(C)(C)C)C(=O)C(=O)NC1CC1. The second-order valence-electron chi connectivity index (χ2n) is 14.4. The molecule has 5 rings (SSSR count). The van der Waals surface area contributed by atoms with Crippen LogP contribution in [0.2, 0.25) is 0 Å². The molecule has 262 valence electrons. The average molecular weight is 672 g/mol. The molecule has 2 saturated heterocycles. The predicted molar refractivity (Wildman–Crippen MR) is 171 cm³/mol. The maximum Gasteiger partial charge on any atom is 0.408 e.